The number of halogens is 1. The molecule has 3 aromatic rings. The monoisotopic (exact) mass is 358 g/mol. The molecule has 1 amide bonds. The number of nitrogens with two attached hydrogens (primary N) is 1. The Morgan fingerprint density at radius 2 is 2.04 bits per heavy atom. The zero-order valence-electron chi connectivity index (χ0n) is 13.7. The van der Waals surface area contributed by atoms with Gasteiger partial charge in [-0.1, -0.05) is 11.6 Å². The molecule has 0 fully saturated rings. The molecule has 0 saturated heterocycles. The van der Waals surface area contributed by atoms with Crippen molar-refractivity contribution < 1.29 is 15.1 Å². The van der Waals surface area contributed by atoms with E-state index in [0.29, 0.717) is 27.0 Å². The lowest BCUT2D eigenvalue weighted by Gasteiger charge is -2.10. The van der Waals surface area contributed by atoms with E-state index in [9.17, 15) is 9.59 Å². The highest BCUT2D eigenvalue weighted by Crippen LogP contribution is 2.27. The van der Waals surface area contributed by atoms with E-state index in [2.05, 4.69) is 10.3 Å². The van der Waals surface area contributed by atoms with Crippen molar-refractivity contribution in [3.8, 4) is 0 Å². The number of aryl methyl sites for hydroxylation is 1. The van der Waals surface area contributed by atoms with Gasteiger partial charge in [0.05, 0.1) is 17.8 Å². The topological polar surface area (TPSA) is 87.8 Å². The van der Waals surface area contributed by atoms with Gasteiger partial charge in [-0.25, -0.2) is 4.84 Å². The highest BCUT2D eigenvalue weighted by molar-refractivity contribution is 6.34. The Hall–Kier alpha value is -2.67. The number of rotatable bonds is 4. The van der Waals surface area contributed by atoms with Crippen LogP contribution in [0, 0.1) is 6.92 Å². The molecule has 25 heavy (non-hydrogen) atoms. The number of carbonyl (C=O) groups is 1. The molecular weight excluding hydrogens is 342 g/mol. The first-order valence-corrected chi connectivity index (χ1v) is 7.96. The molecule has 0 spiro atoms. The van der Waals surface area contributed by atoms with Crippen LogP contribution in [0.5, 0.6) is 0 Å². The first kappa shape index (κ1) is 17.2. The smallest absolute Gasteiger partial charge is 0.255 e. The van der Waals surface area contributed by atoms with Crippen LogP contribution in [0.2, 0.25) is 5.02 Å². The van der Waals surface area contributed by atoms with Gasteiger partial charge < -0.3 is 10.3 Å². The van der Waals surface area contributed by atoms with E-state index in [-0.39, 0.29) is 11.5 Å². The van der Waals surface area contributed by atoms with E-state index < -0.39 is 0 Å². The molecule has 0 unspecified atom stereocenters. The van der Waals surface area contributed by atoms with Gasteiger partial charge in [0.25, 0.3) is 11.5 Å². The summed E-state index contributed by atoms with van der Waals surface area (Å²) in [6.07, 6.45) is 1.55. The second kappa shape index (κ2) is 7.06. The number of amides is 1. The van der Waals surface area contributed by atoms with E-state index in [4.69, 9.17) is 16.4 Å². The number of hydrogen-bond donors (Lipinski definition) is 3. The second-order valence-electron chi connectivity index (χ2n) is 5.61. The molecule has 128 valence electrons. The second-order valence-corrected chi connectivity index (χ2v) is 6.02. The third-order valence-corrected chi connectivity index (χ3v) is 4.17. The van der Waals surface area contributed by atoms with Crippen LogP contribution in [0.3, 0.4) is 0 Å². The first-order chi connectivity index (χ1) is 12.0. The average molecular weight is 359 g/mol. The number of carbonyl (C=O) groups excluding carboxylic acids is 1. The van der Waals surface area contributed by atoms with Gasteiger partial charge in [-0.15, -0.1) is 0 Å². The van der Waals surface area contributed by atoms with Crippen molar-refractivity contribution in [1.29, 1.82) is 0 Å². The van der Waals surface area contributed by atoms with E-state index in [1.807, 2.05) is 13.0 Å². The molecule has 1 aromatic heterocycles. The Balaban J connectivity index is 1.92. The quantitative estimate of drug-likeness (QED) is 0.494. The number of quaternary nitrogens is 1. The van der Waals surface area contributed by atoms with Crippen molar-refractivity contribution in [2.24, 2.45) is 0 Å². The Morgan fingerprint density at radius 1 is 1.24 bits per heavy atom. The van der Waals surface area contributed by atoms with Gasteiger partial charge in [0.2, 0.25) is 0 Å². The highest BCUT2D eigenvalue weighted by Gasteiger charge is 2.14. The van der Waals surface area contributed by atoms with Gasteiger partial charge in [0, 0.05) is 29.3 Å². The number of benzene rings is 2. The lowest BCUT2D eigenvalue weighted by Crippen LogP contribution is -2.75. The summed E-state index contributed by atoms with van der Waals surface area (Å²) < 4.78 is 0. The molecule has 0 aliphatic rings. The minimum Gasteiger partial charge on any atom is -0.329 e. The van der Waals surface area contributed by atoms with Gasteiger partial charge in [0.15, 0.2) is 5.69 Å². The summed E-state index contributed by atoms with van der Waals surface area (Å²) >= 11 is 6.22. The van der Waals surface area contributed by atoms with E-state index >= 15 is 0 Å². The molecule has 0 saturated carbocycles. The highest BCUT2D eigenvalue weighted by atomic mass is 35.5. The summed E-state index contributed by atoms with van der Waals surface area (Å²) in [5.74, 6) is -0.271. The number of aromatic amines is 1. The van der Waals surface area contributed by atoms with Crippen molar-refractivity contribution in [1.82, 2.24) is 4.98 Å². The third-order valence-electron chi connectivity index (χ3n) is 3.86. The maximum Gasteiger partial charge on any atom is 0.255 e. The molecule has 6 nitrogen and oxygen atoms in total. The predicted octanol–water partition coefficient (Wildman–Crippen LogP) is 2.50. The Labute approximate surface area is 148 Å². The number of hydrogen-bond acceptors (Lipinski definition) is 3. The number of H-pyrrole nitrogens is 1. The summed E-state index contributed by atoms with van der Waals surface area (Å²) in [6, 6.07) is 10.4. The van der Waals surface area contributed by atoms with E-state index in [0.717, 1.165) is 11.3 Å². The van der Waals surface area contributed by atoms with Gasteiger partial charge in [-0.3, -0.25) is 9.59 Å². The number of anilines is 1. The molecule has 4 N–H and O–H groups in total. The number of aromatic nitrogens is 1. The fraction of sp³-hybridized carbons (Fsp3) is 0.111. The van der Waals surface area contributed by atoms with Gasteiger partial charge in [-0.2, -0.15) is 5.48 Å². The standard InChI is InChI=1S/C18H16ClN3O3/c1-10-7-12(22-25-2)3-4-13(10)18(24)21-16-8-11-5-6-20-17(23)14(11)9-15(16)19/h3-9,22H,1-2H3,(H,20,23)(H,21,24)/p+1. The van der Waals surface area contributed by atoms with Crippen LogP contribution in [-0.4, -0.2) is 18.0 Å². The normalized spacial score (nSPS) is 10.8. The van der Waals surface area contributed by atoms with Crippen molar-refractivity contribution in [3.63, 3.8) is 0 Å². The molecule has 2 aromatic carbocycles. The Kier molecular flexibility index (Phi) is 4.85. The number of fused-ring (bicyclic) bond motifs is 1. The largest absolute Gasteiger partial charge is 0.329 e. The SMILES string of the molecule is CO[NH2+]c1ccc(C(=O)Nc2cc3cc[nH]c(=O)c3cc2Cl)c(C)c1. The van der Waals surface area contributed by atoms with Crippen molar-refractivity contribution in [2.75, 3.05) is 12.4 Å². The lowest BCUT2D eigenvalue weighted by molar-refractivity contribution is -0.830. The molecule has 3 rings (SSSR count). The number of nitrogens with one attached hydrogen (secondary N) is 2. The molecule has 0 atom stereocenters. The maximum absolute atomic E-state index is 12.6. The summed E-state index contributed by atoms with van der Waals surface area (Å²) in [5, 5.41) is 4.28. The summed E-state index contributed by atoms with van der Waals surface area (Å²) in [6.45, 7) is 1.85. The minimum atomic E-state index is -0.271. The minimum absolute atomic E-state index is 0.224. The van der Waals surface area contributed by atoms with E-state index in [1.165, 1.54) is 0 Å². The summed E-state index contributed by atoms with van der Waals surface area (Å²) in [5.41, 5.74) is 4.06. The molecular formula is C18H17ClN3O3+. The fourth-order valence-electron chi connectivity index (χ4n) is 2.65. The van der Waals surface area contributed by atoms with Crippen LogP contribution in [0.25, 0.3) is 10.8 Å². The Morgan fingerprint density at radius 3 is 2.76 bits per heavy atom. The van der Waals surface area contributed by atoms with Crippen LogP contribution in [0.1, 0.15) is 15.9 Å². The van der Waals surface area contributed by atoms with Crippen LogP contribution < -0.4 is 16.4 Å². The molecule has 1 heterocycles. The van der Waals surface area contributed by atoms with Crippen molar-refractivity contribution in [3.05, 3.63) is 69.1 Å². The van der Waals surface area contributed by atoms with Gasteiger partial charge in [-0.05, 0) is 42.1 Å². The first-order valence-electron chi connectivity index (χ1n) is 7.58. The molecule has 0 bridgehead atoms. The van der Waals surface area contributed by atoms with Crippen molar-refractivity contribution >= 4 is 39.7 Å². The molecule has 0 radical (unpaired) electrons. The zero-order valence-corrected chi connectivity index (χ0v) is 14.5. The van der Waals surface area contributed by atoms with Crippen LogP contribution in [-0.2, 0) is 4.84 Å². The average Bonchev–Trinajstić information content (AvgIpc) is 2.57. The van der Waals surface area contributed by atoms with E-state index in [1.54, 1.807) is 49.1 Å². The summed E-state index contributed by atoms with van der Waals surface area (Å²) in [7, 11) is 1.57. The Bertz CT molecular complexity index is 1010. The number of pyridine rings is 1. The summed E-state index contributed by atoms with van der Waals surface area (Å²) in [4.78, 5) is 32.0. The zero-order chi connectivity index (χ0) is 18.0. The molecule has 7 heteroatoms. The molecule has 0 aliphatic heterocycles. The maximum atomic E-state index is 12.6. The van der Waals surface area contributed by atoms with Gasteiger partial charge >= 0.3 is 0 Å². The fourth-order valence-corrected chi connectivity index (χ4v) is 2.86. The van der Waals surface area contributed by atoms with Crippen LogP contribution in [0.15, 0.2) is 47.4 Å². The third kappa shape index (κ3) is 3.56. The van der Waals surface area contributed by atoms with Crippen molar-refractivity contribution in [2.45, 2.75) is 6.92 Å². The molecule has 0 aliphatic carbocycles. The van der Waals surface area contributed by atoms with Crippen LogP contribution in [0.4, 0.5) is 11.4 Å². The lowest BCUT2D eigenvalue weighted by atomic mass is 10.1. The van der Waals surface area contributed by atoms with Gasteiger partial charge in [0.1, 0.15) is 0 Å². The van der Waals surface area contributed by atoms with Crippen LogP contribution >= 0.6 is 11.6 Å². The predicted molar refractivity (Wildman–Crippen MR) is 97.3 cm³/mol.